The van der Waals surface area contributed by atoms with Crippen molar-refractivity contribution in [3.8, 4) is 0 Å². The van der Waals surface area contributed by atoms with Gasteiger partial charge < -0.3 is 15.1 Å². The van der Waals surface area contributed by atoms with Crippen molar-refractivity contribution in [1.29, 1.82) is 0 Å². The summed E-state index contributed by atoms with van der Waals surface area (Å²) in [6, 6.07) is 9.16. The molecule has 3 aliphatic rings. The monoisotopic (exact) mass is 285 g/mol. The summed E-state index contributed by atoms with van der Waals surface area (Å²) in [5.41, 5.74) is 2.33. The van der Waals surface area contributed by atoms with Gasteiger partial charge in [-0.2, -0.15) is 0 Å². The third-order valence-electron chi connectivity index (χ3n) is 4.85. The second-order valence-electron chi connectivity index (χ2n) is 6.48. The molecule has 2 saturated heterocycles. The Kier molecular flexibility index (Phi) is 3.34. The van der Waals surface area contributed by atoms with Crippen LogP contribution < -0.4 is 15.1 Å². The Hall–Kier alpha value is -1.55. The van der Waals surface area contributed by atoms with E-state index in [0.29, 0.717) is 6.04 Å². The molecule has 1 aromatic carbocycles. The van der Waals surface area contributed by atoms with Crippen molar-refractivity contribution in [3.63, 3.8) is 0 Å². The maximum absolute atomic E-state index is 12.5. The van der Waals surface area contributed by atoms with Crippen LogP contribution in [-0.2, 0) is 4.79 Å². The molecule has 0 bridgehead atoms. The Morgan fingerprint density at radius 1 is 0.905 bits per heavy atom. The van der Waals surface area contributed by atoms with Crippen molar-refractivity contribution in [2.24, 2.45) is 0 Å². The summed E-state index contributed by atoms with van der Waals surface area (Å²) in [5.74, 6) is 0.246. The summed E-state index contributed by atoms with van der Waals surface area (Å²) in [4.78, 5) is 16.8. The molecule has 1 atom stereocenters. The molecule has 4 heteroatoms. The molecule has 1 amide bonds. The highest BCUT2D eigenvalue weighted by atomic mass is 16.2. The van der Waals surface area contributed by atoms with Crippen LogP contribution in [0.25, 0.3) is 0 Å². The van der Waals surface area contributed by atoms with E-state index in [1.54, 1.807) is 0 Å². The van der Waals surface area contributed by atoms with E-state index < -0.39 is 0 Å². The Balaban J connectivity index is 1.44. The molecule has 4 nitrogen and oxygen atoms in total. The van der Waals surface area contributed by atoms with Crippen LogP contribution in [-0.4, -0.2) is 37.6 Å². The average molecular weight is 285 g/mol. The highest BCUT2D eigenvalue weighted by molar-refractivity contribution is 5.99. The fourth-order valence-electron chi connectivity index (χ4n) is 3.44. The third kappa shape index (κ3) is 2.64. The molecular formula is C17H23N3O. The van der Waals surface area contributed by atoms with E-state index in [4.69, 9.17) is 0 Å². The van der Waals surface area contributed by atoms with Gasteiger partial charge in [-0.15, -0.1) is 0 Å². The van der Waals surface area contributed by atoms with Crippen LogP contribution in [0.4, 0.5) is 11.4 Å². The first-order valence-electron chi connectivity index (χ1n) is 8.24. The molecule has 112 valence electrons. The summed E-state index contributed by atoms with van der Waals surface area (Å²) >= 11 is 0. The maximum atomic E-state index is 12.5. The normalized spacial score (nSPS) is 25.9. The van der Waals surface area contributed by atoms with Gasteiger partial charge in [-0.1, -0.05) is 0 Å². The molecular weight excluding hydrogens is 262 g/mol. The molecule has 1 aromatic rings. The minimum Gasteiger partial charge on any atom is -0.372 e. The van der Waals surface area contributed by atoms with Crippen molar-refractivity contribution in [2.45, 2.75) is 44.2 Å². The number of anilines is 2. The summed E-state index contributed by atoms with van der Waals surface area (Å²) in [5, 5.41) is 3.46. The lowest BCUT2D eigenvalue weighted by atomic mass is 10.2. The number of nitrogens with one attached hydrogen (secondary N) is 1. The molecule has 1 N–H and O–H groups in total. The molecule has 21 heavy (non-hydrogen) atoms. The summed E-state index contributed by atoms with van der Waals surface area (Å²) in [7, 11) is 0. The Morgan fingerprint density at radius 2 is 1.57 bits per heavy atom. The van der Waals surface area contributed by atoms with Gasteiger partial charge in [0.05, 0.1) is 6.04 Å². The molecule has 0 radical (unpaired) electrons. The SMILES string of the molecule is O=C1C(NC2CC2)CCN1c1ccc(N2CCCC2)cc1. The van der Waals surface area contributed by atoms with E-state index in [1.807, 2.05) is 4.90 Å². The van der Waals surface area contributed by atoms with E-state index in [-0.39, 0.29) is 11.9 Å². The third-order valence-corrected chi connectivity index (χ3v) is 4.85. The smallest absolute Gasteiger partial charge is 0.244 e. The number of benzene rings is 1. The lowest BCUT2D eigenvalue weighted by Crippen LogP contribution is -2.39. The Bertz CT molecular complexity index is 517. The Labute approximate surface area is 126 Å². The van der Waals surface area contributed by atoms with Gasteiger partial charge in [0.2, 0.25) is 5.91 Å². The lowest BCUT2D eigenvalue weighted by molar-refractivity contribution is -0.118. The van der Waals surface area contributed by atoms with Gasteiger partial charge in [-0.25, -0.2) is 0 Å². The molecule has 2 heterocycles. The summed E-state index contributed by atoms with van der Waals surface area (Å²) in [6.45, 7) is 3.16. The van der Waals surface area contributed by atoms with E-state index in [2.05, 4.69) is 34.5 Å². The average Bonchev–Trinajstić information content (AvgIpc) is 3.02. The van der Waals surface area contributed by atoms with Crippen LogP contribution in [0.15, 0.2) is 24.3 Å². The van der Waals surface area contributed by atoms with E-state index >= 15 is 0 Å². The summed E-state index contributed by atoms with van der Waals surface area (Å²) in [6.07, 6.45) is 5.98. The minimum absolute atomic E-state index is 0.0377. The number of carbonyl (C=O) groups excluding carboxylic acids is 1. The standard InChI is InChI=1S/C17H23N3O/c21-17-16(18-13-3-4-13)9-12-20(17)15-7-5-14(6-8-15)19-10-1-2-11-19/h5-8,13,16,18H,1-4,9-12H2. The highest BCUT2D eigenvalue weighted by Gasteiger charge is 2.36. The van der Waals surface area contributed by atoms with Crippen molar-refractivity contribution >= 4 is 17.3 Å². The zero-order valence-electron chi connectivity index (χ0n) is 12.4. The molecule has 1 unspecified atom stereocenters. The minimum atomic E-state index is 0.0377. The van der Waals surface area contributed by atoms with Crippen molar-refractivity contribution in [3.05, 3.63) is 24.3 Å². The van der Waals surface area contributed by atoms with E-state index in [1.165, 1.54) is 31.4 Å². The predicted molar refractivity (Wildman–Crippen MR) is 84.8 cm³/mol. The lowest BCUT2D eigenvalue weighted by Gasteiger charge is -2.21. The maximum Gasteiger partial charge on any atom is 0.244 e. The molecule has 4 rings (SSSR count). The van der Waals surface area contributed by atoms with E-state index in [0.717, 1.165) is 31.7 Å². The number of hydrogen-bond donors (Lipinski definition) is 1. The zero-order chi connectivity index (χ0) is 14.2. The van der Waals surface area contributed by atoms with Gasteiger partial charge in [0, 0.05) is 37.1 Å². The predicted octanol–water partition coefficient (Wildman–Crippen LogP) is 2.14. The van der Waals surface area contributed by atoms with Crippen molar-refractivity contribution in [2.75, 3.05) is 29.4 Å². The van der Waals surface area contributed by atoms with Gasteiger partial charge >= 0.3 is 0 Å². The first-order chi connectivity index (χ1) is 10.3. The molecule has 0 spiro atoms. The molecule has 3 fully saturated rings. The van der Waals surface area contributed by atoms with Crippen LogP contribution in [0, 0.1) is 0 Å². The fraction of sp³-hybridized carbons (Fsp3) is 0.588. The number of carbonyl (C=O) groups is 1. The number of hydrogen-bond acceptors (Lipinski definition) is 3. The van der Waals surface area contributed by atoms with Crippen LogP contribution in [0.1, 0.15) is 32.1 Å². The number of amides is 1. The highest BCUT2D eigenvalue weighted by Crippen LogP contribution is 2.28. The van der Waals surface area contributed by atoms with Crippen LogP contribution in [0.5, 0.6) is 0 Å². The van der Waals surface area contributed by atoms with Crippen molar-refractivity contribution in [1.82, 2.24) is 5.32 Å². The van der Waals surface area contributed by atoms with Crippen LogP contribution in [0.2, 0.25) is 0 Å². The largest absolute Gasteiger partial charge is 0.372 e. The van der Waals surface area contributed by atoms with Gasteiger partial charge in [-0.05, 0) is 56.4 Å². The molecule has 1 aliphatic carbocycles. The van der Waals surface area contributed by atoms with Gasteiger partial charge in [0.15, 0.2) is 0 Å². The second kappa shape index (κ2) is 5.34. The van der Waals surface area contributed by atoms with E-state index in [9.17, 15) is 4.79 Å². The van der Waals surface area contributed by atoms with Gasteiger partial charge in [0.1, 0.15) is 0 Å². The number of nitrogens with zero attached hydrogens (tertiary/aromatic N) is 2. The molecule has 0 aromatic heterocycles. The first-order valence-corrected chi connectivity index (χ1v) is 8.24. The van der Waals surface area contributed by atoms with Crippen LogP contribution in [0.3, 0.4) is 0 Å². The molecule has 2 aliphatic heterocycles. The van der Waals surface area contributed by atoms with Gasteiger partial charge in [-0.3, -0.25) is 4.79 Å². The fourth-order valence-corrected chi connectivity index (χ4v) is 3.44. The zero-order valence-corrected chi connectivity index (χ0v) is 12.4. The van der Waals surface area contributed by atoms with Crippen LogP contribution >= 0.6 is 0 Å². The first kappa shape index (κ1) is 13.1. The number of rotatable bonds is 4. The Morgan fingerprint density at radius 3 is 2.24 bits per heavy atom. The topological polar surface area (TPSA) is 35.6 Å². The summed E-state index contributed by atoms with van der Waals surface area (Å²) < 4.78 is 0. The quantitative estimate of drug-likeness (QED) is 0.920. The molecule has 1 saturated carbocycles. The van der Waals surface area contributed by atoms with Gasteiger partial charge in [0.25, 0.3) is 0 Å². The second-order valence-corrected chi connectivity index (χ2v) is 6.48. The van der Waals surface area contributed by atoms with Crippen molar-refractivity contribution < 1.29 is 4.79 Å².